The van der Waals surface area contributed by atoms with E-state index in [0.717, 1.165) is 22.1 Å². The maximum Gasteiger partial charge on any atom is 0.166 e. The van der Waals surface area contributed by atoms with Gasteiger partial charge in [0.25, 0.3) is 0 Å². The zero-order valence-electron chi connectivity index (χ0n) is 12.8. The maximum absolute atomic E-state index is 10.4. The highest BCUT2D eigenvalue weighted by Crippen LogP contribution is 2.37. The number of ether oxygens (including phenoxy) is 1. The molecule has 3 aromatic rings. The van der Waals surface area contributed by atoms with Crippen LogP contribution < -0.4 is 0 Å². The van der Waals surface area contributed by atoms with Crippen LogP contribution in [0.1, 0.15) is 11.9 Å². The van der Waals surface area contributed by atoms with Crippen molar-refractivity contribution in [2.75, 3.05) is 6.61 Å². The quantitative estimate of drug-likeness (QED) is 0.606. The lowest BCUT2D eigenvalue weighted by Crippen LogP contribution is -2.33. The third kappa shape index (κ3) is 1.86. The van der Waals surface area contributed by atoms with Crippen molar-refractivity contribution in [2.24, 2.45) is 7.05 Å². The van der Waals surface area contributed by atoms with E-state index in [9.17, 15) is 15.3 Å². The van der Waals surface area contributed by atoms with E-state index in [1.165, 1.54) is 6.33 Å². The molecule has 3 N–H and O–H groups in total. The van der Waals surface area contributed by atoms with E-state index in [0.29, 0.717) is 5.65 Å². The Balaban J connectivity index is 2.02. The molecule has 1 saturated heterocycles. The van der Waals surface area contributed by atoms with Gasteiger partial charge in [-0.25, -0.2) is 9.97 Å². The summed E-state index contributed by atoms with van der Waals surface area (Å²) >= 11 is 0. The fraction of sp³-hybridized carbons (Fsp3) is 0.467. The minimum Gasteiger partial charge on any atom is -0.394 e. The number of aliphatic hydroxyl groups excluding tert-OH is 3. The van der Waals surface area contributed by atoms with Gasteiger partial charge in [0.2, 0.25) is 0 Å². The van der Waals surface area contributed by atoms with Crippen molar-refractivity contribution >= 4 is 22.1 Å². The van der Waals surface area contributed by atoms with Crippen molar-refractivity contribution in [3.63, 3.8) is 0 Å². The molecule has 3 aromatic heterocycles. The molecule has 0 unspecified atom stereocenters. The molecule has 4 rings (SSSR count). The summed E-state index contributed by atoms with van der Waals surface area (Å²) in [4.78, 5) is 8.60. The predicted molar refractivity (Wildman–Crippen MR) is 81.8 cm³/mol. The molecule has 1 aliphatic heterocycles. The summed E-state index contributed by atoms with van der Waals surface area (Å²) in [7, 11) is 1.89. The molecule has 0 aromatic carbocycles. The average molecular weight is 318 g/mol. The fourth-order valence-corrected chi connectivity index (χ4v) is 3.41. The van der Waals surface area contributed by atoms with Crippen LogP contribution in [-0.4, -0.2) is 59.3 Å². The van der Waals surface area contributed by atoms with Gasteiger partial charge in [0.1, 0.15) is 35.9 Å². The Bertz CT molecular complexity index is 886. The molecule has 0 saturated carbocycles. The van der Waals surface area contributed by atoms with E-state index < -0.39 is 24.5 Å². The van der Waals surface area contributed by atoms with Crippen molar-refractivity contribution in [2.45, 2.75) is 31.5 Å². The lowest BCUT2D eigenvalue weighted by molar-refractivity contribution is -0.0493. The number of hydrogen-bond acceptors (Lipinski definition) is 6. The van der Waals surface area contributed by atoms with Crippen LogP contribution in [0.3, 0.4) is 0 Å². The summed E-state index contributed by atoms with van der Waals surface area (Å²) in [6, 6.07) is 1.96. The van der Waals surface area contributed by atoms with Crippen LogP contribution in [0.5, 0.6) is 0 Å². The third-order valence-corrected chi connectivity index (χ3v) is 4.55. The van der Waals surface area contributed by atoms with E-state index in [1.807, 2.05) is 30.8 Å². The Morgan fingerprint density at radius 2 is 2.04 bits per heavy atom. The number of rotatable bonds is 2. The molecule has 0 amide bonds. The van der Waals surface area contributed by atoms with E-state index >= 15 is 0 Å². The molecular weight excluding hydrogens is 300 g/mol. The zero-order chi connectivity index (χ0) is 16.3. The molecule has 0 aliphatic carbocycles. The number of fused-ring (bicyclic) bond motifs is 3. The van der Waals surface area contributed by atoms with Gasteiger partial charge in [0, 0.05) is 24.0 Å². The lowest BCUT2D eigenvalue weighted by Gasteiger charge is -2.19. The first-order valence-electron chi connectivity index (χ1n) is 7.43. The monoisotopic (exact) mass is 318 g/mol. The van der Waals surface area contributed by atoms with E-state index in [2.05, 4.69) is 9.97 Å². The minimum absolute atomic E-state index is 0.363. The standard InChI is InChI=1S/C15H18N4O4/c1-7-10-8-3-4-18(2)14(8)19(13(10)17-6-16-7)15-12(22)11(21)9(5-20)23-15/h3-4,6,9,11-12,15,20-22H,5H2,1-2H3/t9-,11-,12-,15-/m1/s1. The molecule has 122 valence electrons. The second-order valence-electron chi connectivity index (χ2n) is 5.92. The van der Waals surface area contributed by atoms with Crippen molar-refractivity contribution in [1.82, 2.24) is 19.1 Å². The Hall–Kier alpha value is -2.00. The molecule has 1 aliphatic rings. The molecule has 23 heavy (non-hydrogen) atoms. The SMILES string of the molecule is Cc1ncnc2c1c1ccn(C)c1n2[C@@H]1O[C@H](CO)[C@@H](O)[C@H]1O. The van der Waals surface area contributed by atoms with Gasteiger partial charge < -0.3 is 24.6 Å². The van der Waals surface area contributed by atoms with Crippen LogP contribution in [-0.2, 0) is 11.8 Å². The van der Waals surface area contributed by atoms with Crippen molar-refractivity contribution in [1.29, 1.82) is 0 Å². The topological polar surface area (TPSA) is 106 Å². The van der Waals surface area contributed by atoms with Gasteiger partial charge in [0.05, 0.1) is 12.3 Å². The maximum atomic E-state index is 10.4. The second kappa shape index (κ2) is 5.00. The van der Waals surface area contributed by atoms with Gasteiger partial charge in [-0.05, 0) is 13.0 Å². The van der Waals surface area contributed by atoms with E-state index in [1.54, 1.807) is 4.57 Å². The average Bonchev–Trinajstić information content (AvgIpc) is 3.15. The minimum atomic E-state index is -1.16. The van der Waals surface area contributed by atoms with Gasteiger partial charge in [-0.2, -0.15) is 0 Å². The Kier molecular flexibility index (Phi) is 3.17. The van der Waals surface area contributed by atoms with Gasteiger partial charge >= 0.3 is 0 Å². The molecule has 4 heterocycles. The molecule has 1 fully saturated rings. The summed E-state index contributed by atoms with van der Waals surface area (Å²) in [5, 5.41) is 31.6. The highest BCUT2D eigenvalue weighted by atomic mass is 16.6. The van der Waals surface area contributed by atoms with Crippen LogP contribution in [0.15, 0.2) is 18.6 Å². The summed E-state index contributed by atoms with van der Waals surface area (Å²) in [6.45, 7) is 1.54. The molecule has 0 bridgehead atoms. The fourth-order valence-electron chi connectivity index (χ4n) is 3.41. The first-order chi connectivity index (χ1) is 11.0. The smallest absolute Gasteiger partial charge is 0.166 e. The highest BCUT2D eigenvalue weighted by molar-refractivity contribution is 6.07. The van der Waals surface area contributed by atoms with Gasteiger partial charge in [-0.3, -0.25) is 4.57 Å². The first-order valence-corrected chi connectivity index (χ1v) is 7.43. The predicted octanol–water partition coefficient (Wildman–Crippen LogP) is -0.157. The van der Waals surface area contributed by atoms with Crippen LogP contribution in [0.4, 0.5) is 0 Å². The van der Waals surface area contributed by atoms with Crippen LogP contribution >= 0.6 is 0 Å². The molecule has 4 atom stereocenters. The number of nitrogens with zero attached hydrogens (tertiary/aromatic N) is 4. The molecular formula is C15H18N4O4. The number of hydrogen-bond donors (Lipinski definition) is 3. The summed E-state index contributed by atoms with van der Waals surface area (Å²) in [5.41, 5.74) is 2.28. The Morgan fingerprint density at radius 3 is 2.74 bits per heavy atom. The third-order valence-electron chi connectivity index (χ3n) is 4.55. The normalized spacial score (nSPS) is 28.2. The Morgan fingerprint density at radius 1 is 1.26 bits per heavy atom. The number of aryl methyl sites for hydroxylation is 2. The number of aromatic nitrogens is 4. The van der Waals surface area contributed by atoms with E-state index in [4.69, 9.17) is 4.74 Å². The lowest BCUT2D eigenvalue weighted by atomic mass is 10.1. The number of aliphatic hydroxyl groups is 3. The van der Waals surface area contributed by atoms with Gasteiger partial charge in [0.15, 0.2) is 6.23 Å². The molecule has 0 spiro atoms. The largest absolute Gasteiger partial charge is 0.394 e. The summed E-state index contributed by atoms with van der Waals surface area (Å²) < 4.78 is 9.37. The van der Waals surface area contributed by atoms with Crippen LogP contribution in [0.25, 0.3) is 22.1 Å². The van der Waals surface area contributed by atoms with Gasteiger partial charge in [-0.1, -0.05) is 0 Å². The van der Waals surface area contributed by atoms with E-state index in [-0.39, 0.29) is 6.61 Å². The first kappa shape index (κ1) is 14.6. The highest BCUT2D eigenvalue weighted by Gasteiger charge is 2.44. The van der Waals surface area contributed by atoms with Crippen molar-refractivity contribution in [3.05, 3.63) is 24.3 Å². The summed E-state index contributed by atoms with van der Waals surface area (Å²) in [5.74, 6) is 0. The molecule has 8 nitrogen and oxygen atoms in total. The van der Waals surface area contributed by atoms with Gasteiger partial charge in [-0.15, -0.1) is 0 Å². The molecule has 0 radical (unpaired) electrons. The van der Waals surface area contributed by atoms with Crippen LogP contribution in [0, 0.1) is 6.92 Å². The Labute approximate surface area is 131 Å². The molecule has 8 heteroatoms. The second-order valence-corrected chi connectivity index (χ2v) is 5.92. The van der Waals surface area contributed by atoms with Crippen molar-refractivity contribution < 1.29 is 20.1 Å². The van der Waals surface area contributed by atoms with Crippen LogP contribution in [0.2, 0.25) is 0 Å². The zero-order valence-corrected chi connectivity index (χ0v) is 12.8. The van der Waals surface area contributed by atoms with Crippen molar-refractivity contribution in [3.8, 4) is 0 Å². The summed E-state index contributed by atoms with van der Waals surface area (Å²) in [6.07, 6.45) is -0.588.